The summed E-state index contributed by atoms with van der Waals surface area (Å²) in [5, 5.41) is 0. The zero-order valence-corrected chi connectivity index (χ0v) is 11.6. The molecule has 1 aromatic rings. The fourth-order valence-corrected chi connectivity index (χ4v) is 3.35. The highest BCUT2D eigenvalue weighted by Crippen LogP contribution is 2.25. The maximum absolute atomic E-state index is 12.2. The molecule has 0 bridgehead atoms. The molecule has 0 aromatic heterocycles. The van der Waals surface area contributed by atoms with Crippen molar-refractivity contribution in [1.82, 2.24) is 4.72 Å². The molecule has 1 aromatic carbocycles. The number of hydrogen-bond donors (Lipinski definition) is 2. The second-order valence-electron chi connectivity index (χ2n) is 4.51. The number of sulfonamides is 1. The normalized spacial score (nSPS) is 19.3. The first-order chi connectivity index (χ1) is 9.03. The lowest BCUT2D eigenvalue weighted by molar-refractivity contribution is 0.415. The highest BCUT2D eigenvalue weighted by atomic mass is 32.2. The van der Waals surface area contributed by atoms with Gasteiger partial charge in [-0.25, -0.2) is 13.1 Å². The summed E-state index contributed by atoms with van der Waals surface area (Å²) in [6, 6.07) is 4.42. The second-order valence-corrected chi connectivity index (χ2v) is 6.22. The summed E-state index contributed by atoms with van der Waals surface area (Å²) in [7, 11) is -2.07. The van der Waals surface area contributed by atoms with Gasteiger partial charge in [-0.2, -0.15) is 0 Å². The van der Waals surface area contributed by atoms with Gasteiger partial charge in [0.1, 0.15) is 5.75 Å². The number of methoxy groups -OCH3 is 1. The molecule has 0 fully saturated rings. The van der Waals surface area contributed by atoms with Gasteiger partial charge in [-0.05, 0) is 31.4 Å². The Morgan fingerprint density at radius 3 is 2.79 bits per heavy atom. The van der Waals surface area contributed by atoms with E-state index in [2.05, 4.69) is 10.8 Å². The largest absolute Gasteiger partial charge is 0.495 e. The molecule has 2 rings (SSSR count). The van der Waals surface area contributed by atoms with Crippen molar-refractivity contribution in [2.75, 3.05) is 12.8 Å². The molecule has 104 valence electrons. The second kappa shape index (κ2) is 5.63. The van der Waals surface area contributed by atoms with Gasteiger partial charge < -0.3 is 10.5 Å². The van der Waals surface area contributed by atoms with Gasteiger partial charge in [0.15, 0.2) is 0 Å². The summed E-state index contributed by atoms with van der Waals surface area (Å²) in [6.45, 7) is 0. The minimum Gasteiger partial charge on any atom is -0.495 e. The van der Waals surface area contributed by atoms with E-state index in [1.54, 1.807) is 0 Å². The average Bonchev–Trinajstić information content (AvgIpc) is 2.39. The molecule has 0 amide bonds. The molecule has 0 radical (unpaired) electrons. The van der Waals surface area contributed by atoms with E-state index in [4.69, 9.17) is 10.5 Å². The van der Waals surface area contributed by atoms with Crippen LogP contribution in [0.4, 0.5) is 5.69 Å². The molecule has 0 aliphatic heterocycles. The molecule has 19 heavy (non-hydrogen) atoms. The third kappa shape index (κ3) is 3.27. The summed E-state index contributed by atoms with van der Waals surface area (Å²) in [4.78, 5) is 0.174. The van der Waals surface area contributed by atoms with Crippen molar-refractivity contribution < 1.29 is 13.2 Å². The van der Waals surface area contributed by atoms with Gasteiger partial charge in [-0.1, -0.05) is 12.2 Å². The van der Waals surface area contributed by atoms with Crippen molar-refractivity contribution in [3.63, 3.8) is 0 Å². The van der Waals surface area contributed by atoms with Crippen LogP contribution in [0.5, 0.6) is 5.75 Å². The summed E-state index contributed by atoms with van der Waals surface area (Å²) < 4.78 is 32.2. The molecule has 1 unspecified atom stereocenters. The number of nitrogen functional groups attached to an aromatic ring is 1. The Bertz CT molecular complexity index is 582. The maximum Gasteiger partial charge on any atom is 0.240 e. The first-order valence-corrected chi connectivity index (χ1v) is 7.62. The van der Waals surface area contributed by atoms with Crippen molar-refractivity contribution in [1.29, 1.82) is 0 Å². The number of benzene rings is 1. The molecule has 3 N–H and O–H groups in total. The van der Waals surface area contributed by atoms with E-state index in [-0.39, 0.29) is 10.9 Å². The van der Waals surface area contributed by atoms with Crippen LogP contribution in [0.25, 0.3) is 0 Å². The van der Waals surface area contributed by atoms with Gasteiger partial charge in [0, 0.05) is 12.1 Å². The summed E-state index contributed by atoms with van der Waals surface area (Å²) in [5.41, 5.74) is 6.10. The SMILES string of the molecule is COc1cc(S(=O)(=O)NC2CC=CCC2)ccc1N. The van der Waals surface area contributed by atoms with E-state index in [1.807, 2.05) is 6.08 Å². The number of hydrogen-bond acceptors (Lipinski definition) is 4. The Labute approximate surface area is 113 Å². The minimum absolute atomic E-state index is 0.0430. The lowest BCUT2D eigenvalue weighted by atomic mass is 10.0. The lowest BCUT2D eigenvalue weighted by Gasteiger charge is -2.19. The molecule has 1 atom stereocenters. The summed E-state index contributed by atoms with van der Waals surface area (Å²) in [6.07, 6.45) is 6.52. The number of nitrogens with two attached hydrogens (primary N) is 1. The highest BCUT2D eigenvalue weighted by molar-refractivity contribution is 7.89. The molecule has 0 spiro atoms. The Balaban J connectivity index is 2.21. The lowest BCUT2D eigenvalue weighted by Crippen LogP contribution is -2.35. The first kappa shape index (κ1) is 13.9. The van der Waals surface area contributed by atoms with Crippen LogP contribution in [0, 0.1) is 0 Å². The molecule has 0 saturated carbocycles. The summed E-state index contributed by atoms with van der Waals surface area (Å²) in [5.74, 6) is 0.367. The van der Waals surface area contributed by atoms with Crippen LogP contribution < -0.4 is 15.2 Å². The predicted octanol–water partition coefficient (Wildman–Crippen LogP) is 1.66. The molecule has 1 aliphatic carbocycles. The van der Waals surface area contributed by atoms with Gasteiger partial charge in [0.25, 0.3) is 0 Å². The third-order valence-electron chi connectivity index (χ3n) is 3.11. The van der Waals surface area contributed by atoms with E-state index in [0.717, 1.165) is 19.3 Å². The highest BCUT2D eigenvalue weighted by Gasteiger charge is 2.21. The van der Waals surface area contributed by atoms with Crippen molar-refractivity contribution in [3.8, 4) is 5.75 Å². The molecule has 0 saturated heterocycles. The van der Waals surface area contributed by atoms with E-state index < -0.39 is 10.0 Å². The average molecular weight is 282 g/mol. The van der Waals surface area contributed by atoms with Crippen molar-refractivity contribution in [2.45, 2.75) is 30.2 Å². The van der Waals surface area contributed by atoms with Crippen LogP contribution in [0.1, 0.15) is 19.3 Å². The molecule has 1 aliphatic rings. The zero-order chi connectivity index (χ0) is 13.9. The van der Waals surface area contributed by atoms with E-state index in [1.165, 1.54) is 25.3 Å². The number of allylic oxidation sites excluding steroid dienone is 1. The van der Waals surface area contributed by atoms with Crippen LogP contribution in [0.3, 0.4) is 0 Å². The fraction of sp³-hybridized carbons (Fsp3) is 0.385. The molecular weight excluding hydrogens is 264 g/mol. The quantitative estimate of drug-likeness (QED) is 0.650. The zero-order valence-electron chi connectivity index (χ0n) is 10.8. The third-order valence-corrected chi connectivity index (χ3v) is 4.62. The molecule has 0 heterocycles. The van der Waals surface area contributed by atoms with Gasteiger partial charge >= 0.3 is 0 Å². The minimum atomic E-state index is -3.53. The van der Waals surface area contributed by atoms with E-state index in [0.29, 0.717) is 11.4 Å². The fourth-order valence-electron chi connectivity index (χ4n) is 2.05. The number of nitrogens with one attached hydrogen (secondary N) is 1. The van der Waals surface area contributed by atoms with Crippen LogP contribution >= 0.6 is 0 Å². The molecular formula is C13H18N2O3S. The van der Waals surface area contributed by atoms with Gasteiger partial charge in [-0.15, -0.1) is 0 Å². The first-order valence-electron chi connectivity index (χ1n) is 6.14. The van der Waals surface area contributed by atoms with Crippen LogP contribution in [-0.2, 0) is 10.0 Å². The topological polar surface area (TPSA) is 81.4 Å². The Kier molecular flexibility index (Phi) is 4.11. The van der Waals surface area contributed by atoms with Crippen molar-refractivity contribution in [2.24, 2.45) is 0 Å². The molecule has 6 heteroatoms. The van der Waals surface area contributed by atoms with Gasteiger partial charge in [0.2, 0.25) is 10.0 Å². The van der Waals surface area contributed by atoms with Gasteiger partial charge in [-0.3, -0.25) is 0 Å². The van der Waals surface area contributed by atoms with Crippen LogP contribution in [0.15, 0.2) is 35.2 Å². The Morgan fingerprint density at radius 2 is 2.16 bits per heavy atom. The van der Waals surface area contributed by atoms with Crippen LogP contribution in [0.2, 0.25) is 0 Å². The number of anilines is 1. The van der Waals surface area contributed by atoms with E-state index in [9.17, 15) is 8.42 Å². The number of ether oxygens (including phenoxy) is 1. The van der Waals surface area contributed by atoms with Gasteiger partial charge in [0.05, 0.1) is 17.7 Å². The molecule has 5 nitrogen and oxygen atoms in total. The van der Waals surface area contributed by atoms with Crippen LogP contribution in [-0.4, -0.2) is 21.6 Å². The Morgan fingerprint density at radius 1 is 1.37 bits per heavy atom. The standard InChI is InChI=1S/C13H18N2O3S/c1-18-13-9-11(7-8-12(13)14)19(16,17)15-10-5-3-2-4-6-10/h2-3,7-10,15H,4-6,14H2,1H3. The van der Waals surface area contributed by atoms with Crippen molar-refractivity contribution >= 4 is 15.7 Å². The maximum atomic E-state index is 12.2. The monoisotopic (exact) mass is 282 g/mol. The number of rotatable bonds is 4. The van der Waals surface area contributed by atoms with E-state index >= 15 is 0 Å². The Hall–Kier alpha value is -1.53. The predicted molar refractivity (Wildman–Crippen MR) is 74.5 cm³/mol. The smallest absolute Gasteiger partial charge is 0.240 e. The summed E-state index contributed by atoms with van der Waals surface area (Å²) >= 11 is 0. The van der Waals surface area contributed by atoms with Crippen molar-refractivity contribution in [3.05, 3.63) is 30.4 Å².